The van der Waals surface area contributed by atoms with Gasteiger partial charge < -0.3 is 0 Å². The number of pyridine rings is 1. The van der Waals surface area contributed by atoms with E-state index in [4.69, 9.17) is 16.9 Å². The van der Waals surface area contributed by atoms with Crippen molar-refractivity contribution in [1.82, 2.24) is 4.98 Å². The first-order valence-corrected chi connectivity index (χ1v) is 5.01. The van der Waals surface area contributed by atoms with Crippen molar-refractivity contribution in [1.29, 1.82) is 5.26 Å². The van der Waals surface area contributed by atoms with Gasteiger partial charge in [-0.15, -0.1) is 0 Å². The molecular weight excluding hydrogens is 324 g/mol. The van der Waals surface area contributed by atoms with Crippen molar-refractivity contribution in [3.8, 4) is 6.07 Å². The Morgan fingerprint density at radius 1 is 1.64 bits per heavy atom. The Bertz CT molecular complexity index is 390. The molecule has 0 spiro atoms. The summed E-state index contributed by atoms with van der Waals surface area (Å²) in [5.41, 5.74) is -0.0665. The Morgan fingerprint density at radius 2 is 2.29 bits per heavy atom. The van der Waals surface area contributed by atoms with Crippen LogP contribution >= 0.6 is 34.2 Å². The predicted molar refractivity (Wildman–Crippen MR) is 56.2 cm³/mol. The molecule has 0 aliphatic heterocycles. The lowest BCUT2D eigenvalue weighted by molar-refractivity contribution is 0.149. The quantitative estimate of drug-likeness (QED) is 0.617. The molecule has 1 heterocycles. The summed E-state index contributed by atoms with van der Waals surface area (Å²) in [4.78, 5) is 3.71. The van der Waals surface area contributed by atoms with Gasteiger partial charge in [-0.2, -0.15) is 5.26 Å². The van der Waals surface area contributed by atoms with Crippen LogP contribution in [0.4, 0.5) is 8.78 Å². The van der Waals surface area contributed by atoms with Crippen molar-refractivity contribution < 1.29 is 8.78 Å². The molecule has 0 saturated carbocycles. The third-order valence-corrected chi connectivity index (χ3v) is 2.78. The van der Waals surface area contributed by atoms with Crippen LogP contribution in [0.15, 0.2) is 6.20 Å². The fraction of sp³-hybridized carbons (Fsp3) is 0.250. The molecule has 0 aliphatic carbocycles. The molecule has 0 amide bonds. The van der Waals surface area contributed by atoms with Crippen molar-refractivity contribution in [3.05, 3.63) is 26.0 Å². The zero-order valence-corrected chi connectivity index (χ0v) is 9.68. The maximum Gasteiger partial charge on any atom is 0.265 e. The van der Waals surface area contributed by atoms with Crippen LogP contribution in [0.1, 0.15) is 17.6 Å². The van der Waals surface area contributed by atoms with Gasteiger partial charge in [-0.25, -0.2) is 13.8 Å². The maximum absolute atomic E-state index is 12.6. The summed E-state index contributed by atoms with van der Waals surface area (Å²) in [6, 6.07) is 1.79. The summed E-state index contributed by atoms with van der Waals surface area (Å²) in [6.07, 6.45) is -1.51. The smallest absolute Gasteiger partial charge is 0.243 e. The van der Waals surface area contributed by atoms with Crippen molar-refractivity contribution in [2.75, 3.05) is 0 Å². The summed E-state index contributed by atoms with van der Waals surface area (Å²) in [5.74, 6) is 0. The van der Waals surface area contributed by atoms with E-state index in [0.717, 1.165) is 0 Å². The molecule has 2 nitrogen and oxygen atoms in total. The van der Waals surface area contributed by atoms with Gasteiger partial charge in [-0.1, -0.05) is 11.6 Å². The average Bonchev–Trinajstić information content (AvgIpc) is 2.11. The van der Waals surface area contributed by atoms with Crippen LogP contribution in [-0.2, 0) is 6.42 Å². The van der Waals surface area contributed by atoms with Gasteiger partial charge in [0.2, 0.25) is 0 Å². The van der Waals surface area contributed by atoms with Crippen LogP contribution in [0.3, 0.4) is 0 Å². The molecule has 0 aliphatic rings. The van der Waals surface area contributed by atoms with E-state index in [-0.39, 0.29) is 22.7 Å². The minimum absolute atomic E-state index is 0.0257. The first-order valence-electron chi connectivity index (χ1n) is 3.55. The molecular formula is C8H4ClF2IN2. The molecule has 74 valence electrons. The molecule has 0 fully saturated rings. The first kappa shape index (κ1) is 11.6. The predicted octanol–water partition coefficient (Wildman–Crippen LogP) is 3.34. The van der Waals surface area contributed by atoms with Gasteiger partial charge in [0.05, 0.1) is 12.5 Å². The Balaban J connectivity index is 3.35. The number of halogens is 4. The van der Waals surface area contributed by atoms with E-state index in [0.29, 0.717) is 3.57 Å². The largest absolute Gasteiger partial charge is 0.265 e. The van der Waals surface area contributed by atoms with Gasteiger partial charge >= 0.3 is 0 Å². The van der Waals surface area contributed by atoms with Crippen LogP contribution < -0.4 is 0 Å². The van der Waals surface area contributed by atoms with Crippen LogP contribution in [0.25, 0.3) is 0 Å². The second kappa shape index (κ2) is 4.84. The Labute approximate surface area is 98.0 Å². The van der Waals surface area contributed by atoms with Crippen molar-refractivity contribution in [2.45, 2.75) is 12.8 Å². The van der Waals surface area contributed by atoms with E-state index >= 15 is 0 Å². The molecule has 1 aromatic rings. The van der Waals surface area contributed by atoms with Gasteiger partial charge in [0, 0.05) is 20.9 Å². The summed E-state index contributed by atoms with van der Waals surface area (Å²) in [6.45, 7) is 0. The SMILES string of the molecule is N#CCc1c(Cl)ncc(I)c1C(F)F. The molecule has 0 unspecified atom stereocenters. The summed E-state index contributed by atoms with van der Waals surface area (Å²) < 4.78 is 25.5. The minimum atomic E-state index is -2.63. The zero-order valence-electron chi connectivity index (χ0n) is 6.77. The van der Waals surface area contributed by atoms with E-state index < -0.39 is 6.43 Å². The minimum Gasteiger partial charge on any atom is -0.243 e. The molecule has 0 atom stereocenters. The summed E-state index contributed by atoms with van der Waals surface area (Å²) >= 11 is 7.37. The number of rotatable bonds is 2. The highest BCUT2D eigenvalue weighted by Gasteiger charge is 2.19. The lowest BCUT2D eigenvalue weighted by Gasteiger charge is -2.09. The van der Waals surface area contributed by atoms with Gasteiger partial charge in [-0.05, 0) is 22.6 Å². The summed E-state index contributed by atoms with van der Waals surface area (Å²) in [5, 5.41) is 8.43. The van der Waals surface area contributed by atoms with Crippen LogP contribution in [0.5, 0.6) is 0 Å². The zero-order chi connectivity index (χ0) is 10.7. The number of aromatic nitrogens is 1. The fourth-order valence-corrected chi connectivity index (χ4v) is 1.92. The average molecular weight is 328 g/mol. The number of nitriles is 1. The molecule has 1 rings (SSSR count). The monoisotopic (exact) mass is 328 g/mol. The number of hydrogen-bond donors (Lipinski definition) is 0. The van der Waals surface area contributed by atoms with E-state index in [9.17, 15) is 8.78 Å². The molecule has 14 heavy (non-hydrogen) atoms. The topological polar surface area (TPSA) is 36.7 Å². The van der Waals surface area contributed by atoms with E-state index in [1.807, 2.05) is 0 Å². The Morgan fingerprint density at radius 3 is 2.79 bits per heavy atom. The van der Waals surface area contributed by atoms with Crippen molar-refractivity contribution >= 4 is 34.2 Å². The molecule has 0 bridgehead atoms. The first-order chi connectivity index (χ1) is 6.57. The molecule has 6 heteroatoms. The fourth-order valence-electron chi connectivity index (χ4n) is 0.999. The lowest BCUT2D eigenvalue weighted by Crippen LogP contribution is -2.00. The molecule has 1 aromatic heterocycles. The molecule has 0 aromatic carbocycles. The highest BCUT2D eigenvalue weighted by Crippen LogP contribution is 2.31. The second-order valence-electron chi connectivity index (χ2n) is 2.42. The molecule has 0 N–H and O–H groups in total. The number of nitrogens with zero attached hydrogens (tertiary/aromatic N) is 2. The number of alkyl halides is 2. The van der Waals surface area contributed by atoms with E-state index in [1.54, 1.807) is 28.7 Å². The van der Waals surface area contributed by atoms with Crippen molar-refractivity contribution in [2.24, 2.45) is 0 Å². The van der Waals surface area contributed by atoms with Crippen molar-refractivity contribution in [3.63, 3.8) is 0 Å². The van der Waals surface area contributed by atoms with E-state index in [1.165, 1.54) is 6.20 Å². The van der Waals surface area contributed by atoms with Crippen LogP contribution in [0, 0.1) is 14.9 Å². The third kappa shape index (κ3) is 2.30. The van der Waals surface area contributed by atoms with Gasteiger partial charge in [-0.3, -0.25) is 0 Å². The third-order valence-electron chi connectivity index (χ3n) is 1.60. The number of hydrogen-bond acceptors (Lipinski definition) is 2. The van der Waals surface area contributed by atoms with Crippen LogP contribution in [0.2, 0.25) is 5.15 Å². The summed E-state index contributed by atoms with van der Waals surface area (Å²) in [7, 11) is 0. The standard InChI is InChI=1S/C8H4ClF2IN2/c9-7-4(1-2-13)6(8(10)11)5(12)3-14-7/h3,8H,1H2. The second-order valence-corrected chi connectivity index (χ2v) is 3.94. The normalized spacial score (nSPS) is 10.3. The van der Waals surface area contributed by atoms with Crippen LogP contribution in [-0.4, -0.2) is 4.98 Å². The van der Waals surface area contributed by atoms with Gasteiger partial charge in [0.1, 0.15) is 5.15 Å². The van der Waals surface area contributed by atoms with Gasteiger partial charge in [0.25, 0.3) is 6.43 Å². The lowest BCUT2D eigenvalue weighted by atomic mass is 10.1. The highest BCUT2D eigenvalue weighted by atomic mass is 127. The van der Waals surface area contributed by atoms with Gasteiger partial charge in [0.15, 0.2) is 0 Å². The molecule has 0 radical (unpaired) electrons. The van der Waals surface area contributed by atoms with E-state index in [2.05, 4.69) is 4.98 Å². The maximum atomic E-state index is 12.6. The Hall–Kier alpha value is -0.480. The Kier molecular flexibility index (Phi) is 4.01. The highest BCUT2D eigenvalue weighted by molar-refractivity contribution is 14.1. The molecule has 0 saturated heterocycles.